The molecule has 6 heteroatoms. The molecule has 0 spiro atoms. The second-order valence-corrected chi connectivity index (χ2v) is 11.9. The maximum atomic E-state index is 12.3. The molecule has 0 radical (unpaired) electrons. The largest absolute Gasteiger partial charge is 0.393 e. The Morgan fingerprint density at radius 2 is 1.97 bits per heavy atom. The highest BCUT2D eigenvalue weighted by atomic mass is 16.3. The van der Waals surface area contributed by atoms with Gasteiger partial charge in [-0.15, -0.1) is 0 Å². The highest BCUT2D eigenvalue weighted by Gasteiger charge is 2.66. The van der Waals surface area contributed by atoms with Gasteiger partial charge in [0.1, 0.15) is 0 Å². The molecule has 5 aliphatic rings. The van der Waals surface area contributed by atoms with E-state index in [2.05, 4.69) is 47.7 Å². The third-order valence-corrected chi connectivity index (χ3v) is 10.5. The zero-order valence-corrected chi connectivity index (χ0v) is 20.1. The quantitative estimate of drug-likeness (QED) is 0.397. The molecule has 0 aromatic heterocycles. The molecule has 5 rings (SSSR count). The van der Waals surface area contributed by atoms with Gasteiger partial charge in [-0.2, -0.15) is 5.10 Å². The normalized spacial score (nSPS) is 48.6. The number of rotatable bonds is 3. The molecular formula is C26H42N4O2. The number of nitrogens with one attached hydrogen (secondary N) is 2. The van der Waals surface area contributed by atoms with Crippen molar-refractivity contribution >= 4 is 12.2 Å². The Morgan fingerprint density at radius 3 is 2.75 bits per heavy atom. The van der Waals surface area contributed by atoms with Crippen LogP contribution in [0.1, 0.15) is 78.6 Å². The Labute approximate surface area is 193 Å². The molecule has 4 aliphatic carbocycles. The number of aliphatic imine (C=N–C) groups is 1. The van der Waals surface area contributed by atoms with Crippen LogP contribution in [0.5, 0.6) is 0 Å². The van der Waals surface area contributed by atoms with Gasteiger partial charge in [0.2, 0.25) is 5.96 Å². The first-order valence-corrected chi connectivity index (χ1v) is 12.9. The minimum Gasteiger partial charge on any atom is -0.393 e. The van der Waals surface area contributed by atoms with E-state index >= 15 is 0 Å². The Hall–Kier alpha value is -1.40. The lowest BCUT2D eigenvalue weighted by Gasteiger charge is -2.63. The predicted molar refractivity (Wildman–Crippen MR) is 128 cm³/mol. The lowest BCUT2D eigenvalue weighted by molar-refractivity contribution is -0.207. The minimum atomic E-state index is -0.570. The molecule has 0 aromatic rings. The van der Waals surface area contributed by atoms with Crippen LogP contribution in [0.15, 0.2) is 21.7 Å². The summed E-state index contributed by atoms with van der Waals surface area (Å²) in [5.74, 6) is 2.76. The van der Waals surface area contributed by atoms with Gasteiger partial charge in [-0.3, -0.25) is 0 Å². The molecule has 0 aromatic carbocycles. The fourth-order valence-electron chi connectivity index (χ4n) is 8.54. The maximum absolute atomic E-state index is 12.3. The van der Waals surface area contributed by atoms with Crippen LogP contribution in [0, 0.1) is 34.5 Å². The monoisotopic (exact) mass is 442 g/mol. The summed E-state index contributed by atoms with van der Waals surface area (Å²) in [4.78, 5) is 4.30. The van der Waals surface area contributed by atoms with Gasteiger partial charge in [-0.25, -0.2) is 10.4 Å². The summed E-state index contributed by atoms with van der Waals surface area (Å²) < 4.78 is 0. The van der Waals surface area contributed by atoms with E-state index in [4.69, 9.17) is 0 Å². The summed E-state index contributed by atoms with van der Waals surface area (Å²) in [6, 6.07) is 0. The summed E-state index contributed by atoms with van der Waals surface area (Å²) in [6.07, 6.45) is 13.7. The molecule has 4 N–H and O–H groups in total. The molecule has 1 aliphatic heterocycles. The number of allylic oxidation sites excluding steroid dienone is 2. The summed E-state index contributed by atoms with van der Waals surface area (Å²) in [5.41, 5.74) is 3.78. The lowest BCUT2D eigenvalue weighted by Crippen LogP contribution is -2.62. The highest BCUT2D eigenvalue weighted by Crippen LogP contribution is 2.69. The Balaban J connectivity index is 1.32. The van der Waals surface area contributed by atoms with Crippen molar-refractivity contribution in [2.24, 2.45) is 44.6 Å². The van der Waals surface area contributed by atoms with Crippen molar-refractivity contribution in [3.05, 3.63) is 11.6 Å². The van der Waals surface area contributed by atoms with Crippen LogP contribution < -0.4 is 10.7 Å². The van der Waals surface area contributed by atoms with Crippen LogP contribution >= 0.6 is 0 Å². The van der Waals surface area contributed by atoms with Crippen molar-refractivity contribution in [2.75, 3.05) is 13.1 Å². The molecule has 4 saturated carbocycles. The first-order valence-electron chi connectivity index (χ1n) is 12.9. The summed E-state index contributed by atoms with van der Waals surface area (Å²) >= 11 is 0. The Kier molecular flexibility index (Phi) is 5.68. The molecule has 178 valence electrons. The first-order chi connectivity index (χ1) is 15.3. The number of hydrogen-bond acceptors (Lipinski definition) is 6. The van der Waals surface area contributed by atoms with Crippen LogP contribution in [0.3, 0.4) is 0 Å². The van der Waals surface area contributed by atoms with Gasteiger partial charge >= 0.3 is 0 Å². The topological polar surface area (TPSA) is 89.2 Å². The number of guanidine groups is 1. The smallest absolute Gasteiger partial charge is 0.212 e. The second-order valence-electron chi connectivity index (χ2n) is 11.9. The fraction of sp³-hybridized carbons (Fsp3) is 0.846. The van der Waals surface area contributed by atoms with Crippen molar-refractivity contribution in [1.82, 2.24) is 10.7 Å². The van der Waals surface area contributed by atoms with Gasteiger partial charge < -0.3 is 15.5 Å². The zero-order chi connectivity index (χ0) is 22.6. The van der Waals surface area contributed by atoms with Crippen molar-refractivity contribution < 1.29 is 10.2 Å². The van der Waals surface area contributed by atoms with Gasteiger partial charge in [0, 0.05) is 18.2 Å². The molecule has 4 fully saturated rings. The number of aliphatic hydroxyl groups is 2. The van der Waals surface area contributed by atoms with Crippen LogP contribution in [-0.4, -0.2) is 47.2 Å². The number of hydrazone groups is 1. The average molecular weight is 443 g/mol. The standard InChI is InChI=1S/C26H42N4O2/c1-17(16-29-30-23-27-12-13-28-23)14-19-6-11-26(32)22-5-4-18-15-20(31)7-9-24(18,2)21(22)8-10-25(19,26)3/h14,16,18-22,31-32H,4-13,15H2,1-3H3,(H2,27,28,30)/b17-14+,29-16+/t18-,19-,20+,21+,22-,24+,25-,26+/m1/s1. The van der Waals surface area contributed by atoms with Crippen molar-refractivity contribution in [1.29, 1.82) is 0 Å². The van der Waals surface area contributed by atoms with Crippen molar-refractivity contribution in [2.45, 2.75) is 90.3 Å². The van der Waals surface area contributed by atoms with Crippen LogP contribution in [0.25, 0.3) is 0 Å². The number of hydrogen-bond donors (Lipinski definition) is 4. The van der Waals surface area contributed by atoms with E-state index in [1.54, 1.807) is 0 Å². The minimum absolute atomic E-state index is 0.0643. The van der Waals surface area contributed by atoms with Crippen LogP contribution in [0.2, 0.25) is 0 Å². The molecule has 8 atom stereocenters. The van der Waals surface area contributed by atoms with Crippen molar-refractivity contribution in [3.63, 3.8) is 0 Å². The van der Waals surface area contributed by atoms with Crippen LogP contribution in [0.4, 0.5) is 0 Å². The molecule has 0 amide bonds. The molecule has 32 heavy (non-hydrogen) atoms. The van der Waals surface area contributed by atoms with E-state index < -0.39 is 5.60 Å². The van der Waals surface area contributed by atoms with Gasteiger partial charge in [-0.05, 0) is 99.4 Å². The van der Waals surface area contributed by atoms with E-state index in [0.717, 1.165) is 69.6 Å². The van der Waals surface area contributed by atoms with Gasteiger partial charge in [0.25, 0.3) is 0 Å². The van der Waals surface area contributed by atoms with E-state index in [9.17, 15) is 10.2 Å². The molecular weight excluding hydrogens is 400 g/mol. The summed E-state index contributed by atoms with van der Waals surface area (Å²) in [6.45, 7) is 8.62. The lowest BCUT2D eigenvalue weighted by atomic mass is 9.43. The Bertz CT molecular complexity index is 825. The average Bonchev–Trinajstić information content (AvgIpc) is 3.36. The van der Waals surface area contributed by atoms with Gasteiger partial charge in [-0.1, -0.05) is 19.9 Å². The molecule has 1 heterocycles. The molecule has 0 saturated heterocycles. The maximum Gasteiger partial charge on any atom is 0.212 e. The van der Waals surface area contributed by atoms with Crippen LogP contribution in [-0.2, 0) is 0 Å². The van der Waals surface area contributed by atoms with Crippen molar-refractivity contribution in [3.8, 4) is 0 Å². The molecule has 6 nitrogen and oxygen atoms in total. The highest BCUT2D eigenvalue weighted by molar-refractivity contribution is 5.84. The van der Waals surface area contributed by atoms with E-state index in [1.807, 2.05) is 6.21 Å². The number of fused-ring (bicyclic) bond motifs is 5. The summed E-state index contributed by atoms with van der Waals surface area (Å²) in [7, 11) is 0. The SMILES string of the molecule is CC(/C=N/NC1=NCCN1)=C\[C@H]1CC[C@]2(O)[C@@H]3CC[C@@H]4C[C@@H](O)CC[C@]4(C)[C@H]3CC[C@]12C. The zero-order valence-electron chi connectivity index (χ0n) is 20.1. The molecule has 0 bridgehead atoms. The van der Waals surface area contributed by atoms with Gasteiger partial charge in [0.15, 0.2) is 0 Å². The third-order valence-electron chi connectivity index (χ3n) is 10.5. The fourth-order valence-corrected chi connectivity index (χ4v) is 8.54. The number of nitrogens with zero attached hydrogens (tertiary/aromatic N) is 2. The Morgan fingerprint density at radius 1 is 1.12 bits per heavy atom. The number of aliphatic hydroxyl groups excluding tert-OH is 1. The van der Waals surface area contributed by atoms with E-state index in [1.165, 1.54) is 12.8 Å². The van der Waals surface area contributed by atoms with E-state index in [-0.39, 0.29) is 11.5 Å². The first kappa shape index (κ1) is 22.4. The third kappa shape index (κ3) is 3.44. The predicted octanol–water partition coefficient (Wildman–Crippen LogP) is 3.60. The second kappa shape index (κ2) is 8.12. The van der Waals surface area contributed by atoms with E-state index in [0.29, 0.717) is 29.1 Å². The summed E-state index contributed by atoms with van der Waals surface area (Å²) in [5, 5.41) is 30.0. The van der Waals surface area contributed by atoms with Gasteiger partial charge in [0.05, 0.1) is 18.2 Å². The molecule has 0 unspecified atom stereocenters.